The summed E-state index contributed by atoms with van der Waals surface area (Å²) < 4.78 is 35.9. The molecule has 0 saturated heterocycles. The van der Waals surface area contributed by atoms with Crippen LogP contribution in [0.3, 0.4) is 0 Å². The van der Waals surface area contributed by atoms with Crippen LogP contribution >= 0.6 is 0 Å². The smallest absolute Gasteiger partial charge is 0.491 e. The molecule has 0 aromatic carbocycles. The predicted octanol–water partition coefficient (Wildman–Crippen LogP) is 9.50. The van der Waals surface area contributed by atoms with Crippen LogP contribution in [0.2, 0.25) is 67.0 Å². The summed E-state index contributed by atoms with van der Waals surface area (Å²) in [6.45, 7) is 34.1. The number of carbonyl (C=O) groups excluding carboxylic acids is 1. The summed E-state index contributed by atoms with van der Waals surface area (Å²) in [5, 5.41) is 0. The lowest BCUT2D eigenvalue weighted by Crippen LogP contribution is -2.70. The molecule has 0 aliphatic rings. The minimum absolute atomic E-state index is 0.0342. The molecular weight excluding hydrogens is 561 g/mol. The first kappa shape index (κ1) is 38.1. The Morgan fingerprint density at radius 2 is 1.00 bits per heavy atom. The van der Waals surface area contributed by atoms with Crippen molar-refractivity contribution in [1.82, 2.24) is 0 Å². The first-order chi connectivity index (χ1) is 17.5. The Hall–Kier alpha value is 0.134. The van der Waals surface area contributed by atoms with Gasteiger partial charge < -0.3 is 20.9 Å². The van der Waals surface area contributed by atoms with Gasteiger partial charge in [-0.3, -0.25) is 0 Å². The van der Waals surface area contributed by atoms with E-state index >= 15 is 0 Å². The van der Waals surface area contributed by atoms with Gasteiger partial charge in [0.25, 0.3) is 0 Å². The summed E-state index contributed by atoms with van der Waals surface area (Å²) >= 11 is 0. The van der Waals surface area contributed by atoms with Crippen LogP contribution in [0.25, 0.3) is 0 Å². The summed E-state index contributed by atoms with van der Waals surface area (Å²) in [7, 11) is -13.8. The van der Waals surface area contributed by atoms with Crippen molar-refractivity contribution in [2.24, 2.45) is 0 Å². The normalized spacial score (nSPS) is 16.6. The first-order valence-corrected chi connectivity index (χ1v) is 27.2. The second kappa shape index (κ2) is 16.0. The van der Waals surface area contributed by atoms with Crippen molar-refractivity contribution in [3.8, 4) is 0 Å². The monoisotopic (exact) mass is 622 g/mol. The van der Waals surface area contributed by atoms with Crippen LogP contribution in [0.5, 0.6) is 0 Å². The SMILES string of the molecule is C=C(C)C(=O)O[Si](O[Si](O[Si](C)(C)C)(O[Si](CC)(CC)CC)O[Si](CC)(CC)CC)(C(C)CC)C(C)CC. The fourth-order valence-corrected chi connectivity index (χ4v) is 28.1. The van der Waals surface area contributed by atoms with E-state index in [0.29, 0.717) is 5.57 Å². The fourth-order valence-electron chi connectivity index (χ4n) is 4.87. The molecule has 0 N–H and O–H groups in total. The molecule has 0 saturated carbocycles. The van der Waals surface area contributed by atoms with E-state index in [2.05, 4.69) is 95.5 Å². The Bertz CT molecular complexity index is 685. The van der Waals surface area contributed by atoms with Crippen LogP contribution in [0.1, 0.15) is 89.0 Å². The maximum absolute atomic E-state index is 13.2. The van der Waals surface area contributed by atoms with Crippen molar-refractivity contribution in [2.75, 3.05) is 0 Å². The van der Waals surface area contributed by atoms with Gasteiger partial charge >= 0.3 is 23.6 Å². The van der Waals surface area contributed by atoms with Crippen LogP contribution in [0.15, 0.2) is 12.2 Å². The molecule has 0 bridgehead atoms. The second-order valence-corrected chi connectivity index (χ2v) is 33.1. The Morgan fingerprint density at radius 3 is 1.24 bits per heavy atom. The van der Waals surface area contributed by atoms with Crippen LogP contribution in [-0.4, -0.2) is 48.5 Å². The quantitative estimate of drug-likeness (QED) is 0.0995. The number of hydrogen-bond acceptors (Lipinski definition) is 6. The molecule has 0 heterocycles. The lowest BCUT2D eigenvalue weighted by atomic mass is 10.3. The van der Waals surface area contributed by atoms with E-state index in [1.807, 2.05) is 0 Å². The minimum atomic E-state index is -3.78. The van der Waals surface area contributed by atoms with E-state index in [1.165, 1.54) is 0 Å². The van der Waals surface area contributed by atoms with Crippen LogP contribution in [0, 0.1) is 0 Å². The molecule has 38 heavy (non-hydrogen) atoms. The highest BCUT2D eigenvalue weighted by molar-refractivity contribution is 6.92. The Morgan fingerprint density at radius 1 is 0.658 bits per heavy atom. The zero-order valence-electron chi connectivity index (χ0n) is 27.5. The molecule has 6 nitrogen and oxygen atoms in total. The summed E-state index contributed by atoms with van der Waals surface area (Å²) in [4.78, 5) is 13.2. The molecule has 0 spiro atoms. The van der Waals surface area contributed by atoms with Crippen molar-refractivity contribution in [3.63, 3.8) is 0 Å². The van der Waals surface area contributed by atoms with Crippen molar-refractivity contribution < 1.29 is 25.7 Å². The minimum Gasteiger partial charge on any atom is -0.491 e. The van der Waals surface area contributed by atoms with Gasteiger partial charge in [-0.2, -0.15) is 0 Å². The Balaban J connectivity index is 7.63. The van der Waals surface area contributed by atoms with Crippen LogP contribution in [-0.2, 0) is 25.7 Å². The number of carbonyl (C=O) groups is 1. The topological polar surface area (TPSA) is 63.2 Å². The van der Waals surface area contributed by atoms with E-state index in [4.69, 9.17) is 20.9 Å². The van der Waals surface area contributed by atoms with Gasteiger partial charge in [0.1, 0.15) is 0 Å². The first-order valence-electron chi connectivity index (χ1n) is 15.2. The maximum Gasteiger partial charge on any atom is 0.639 e. The molecule has 0 aliphatic heterocycles. The molecule has 2 atom stereocenters. The Labute approximate surface area is 241 Å². The number of hydrogen-bond donors (Lipinski definition) is 0. The Kier molecular flexibility index (Phi) is 16.0. The maximum atomic E-state index is 13.2. The highest BCUT2D eigenvalue weighted by Crippen LogP contribution is 2.45. The van der Waals surface area contributed by atoms with Crippen molar-refractivity contribution >= 4 is 48.5 Å². The largest absolute Gasteiger partial charge is 0.639 e. The van der Waals surface area contributed by atoms with Crippen molar-refractivity contribution in [3.05, 3.63) is 12.2 Å². The van der Waals surface area contributed by atoms with E-state index in [1.54, 1.807) is 6.92 Å². The lowest BCUT2D eigenvalue weighted by Gasteiger charge is -2.50. The second-order valence-electron chi connectivity index (χ2n) is 12.0. The molecular formula is C27H62O6Si5. The van der Waals surface area contributed by atoms with Gasteiger partial charge in [0, 0.05) is 16.7 Å². The summed E-state index contributed by atoms with van der Waals surface area (Å²) in [6, 6.07) is 5.76. The molecule has 226 valence electrons. The van der Waals surface area contributed by atoms with Crippen molar-refractivity contribution in [2.45, 2.75) is 156 Å². The zero-order valence-corrected chi connectivity index (χ0v) is 32.5. The predicted molar refractivity (Wildman–Crippen MR) is 174 cm³/mol. The molecule has 0 aromatic heterocycles. The fraction of sp³-hybridized carbons (Fsp3) is 0.889. The molecule has 0 fully saturated rings. The van der Waals surface area contributed by atoms with Gasteiger partial charge in [-0.1, -0.05) is 88.7 Å². The van der Waals surface area contributed by atoms with Crippen molar-refractivity contribution in [1.29, 1.82) is 0 Å². The highest BCUT2D eigenvalue weighted by atomic mass is 28.5. The summed E-state index contributed by atoms with van der Waals surface area (Å²) in [5.74, 6) is -0.386. The summed E-state index contributed by atoms with van der Waals surface area (Å²) in [6.07, 6.45) is 1.65. The molecule has 0 radical (unpaired) electrons. The van der Waals surface area contributed by atoms with E-state index in [-0.39, 0.29) is 17.1 Å². The third-order valence-corrected chi connectivity index (χ3v) is 31.5. The van der Waals surface area contributed by atoms with E-state index in [9.17, 15) is 4.79 Å². The van der Waals surface area contributed by atoms with Gasteiger partial charge in [0.15, 0.2) is 25.0 Å². The lowest BCUT2D eigenvalue weighted by molar-refractivity contribution is -0.132. The summed E-state index contributed by atoms with van der Waals surface area (Å²) in [5.41, 5.74) is 0.454. The van der Waals surface area contributed by atoms with Gasteiger partial charge in [0.05, 0.1) is 0 Å². The average molecular weight is 623 g/mol. The van der Waals surface area contributed by atoms with Gasteiger partial charge in [0.2, 0.25) is 0 Å². The third-order valence-electron chi connectivity index (χ3n) is 8.46. The van der Waals surface area contributed by atoms with Crippen LogP contribution in [0.4, 0.5) is 0 Å². The molecule has 0 rings (SSSR count). The molecule has 0 aromatic rings. The van der Waals surface area contributed by atoms with E-state index < -0.39 is 42.6 Å². The van der Waals surface area contributed by atoms with Crippen LogP contribution < -0.4 is 0 Å². The average Bonchev–Trinajstić information content (AvgIpc) is 2.88. The van der Waals surface area contributed by atoms with Gasteiger partial charge in [-0.15, -0.1) is 0 Å². The third kappa shape index (κ3) is 9.90. The number of rotatable bonds is 20. The highest BCUT2D eigenvalue weighted by Gasteiger charge is 2.65. The van der Waals surface area contributed by atoms with Gasteiger partial charge in [-0.05, 0) is 62.8 Å². The molecule has 2 unspecified atom stereocenters. The molecule has 11 heteroatoms. The van der Waals surface area contributed by atoms with E-state index in [0.717, 1.165) is 49.1 Å². The standard InChI is InChI=1S/C27H62O6Si5/c1-16-25(11)37(26(12)17-2,29-27(28)24(9)10)33-38(30-34(13,14)15,31-35(18-3,19-4)20-5)32-36(21-6,22-7)23-8/h25-26H,9,16-23H2,1-8,10-15H3. The molecule has 0 aliphatic carbocycles. The molecule has 0 amide bonds. The van der Waals surface area contributed by atoms with Gasteiger partial charge in [-0.25, -0.2) is 4.79 Å². The zero-order chi connectivity index (χ0) is 30.0.